The molecule has 1 aliphatic rings. The van der Waals surface area contributed by atoms with Crippen molar-refractivity contribution in [2.45, 2.75) is 70.2 Å². The number of aliphatic hydroxyl groups excluding tert-OH is 1. The normalized spacial score (nSPS) is 18.4. The Hall–Kier alpha value is -1.91. The van der Waals surface area contributed by atoms with Gasteiger partial charge in [0.25, 0.3) is 0 Å². The van der Waals surface area contributed by atoms with Crippen LogP contribution in [0.25, 0.3) is 0 Å². The Labute approximate surface area is 162 Å². The topological polar surface area (TPSA) is 55.8 Å². The molecule has 4 nitrogen and oxygen atoms in total. The summed E-state index contributed by atoms with van der Waals surface area (Å²) >= 11 is 0. The lowest BCUT2D eigenvalue weighted by Gasteiger charge is -2.15. The van der Waals surface area contributed by atoms with E-state index in [4.69, 9.17) is 9.47 Å². The first-order valence-corrected chi connectivity index (χ1v) is 10.0. The quantitative estimate of drug-likeness (QED) is 0.309. The Bertz CT molecular complexity index is 579. The number of rotatable bonds is 13. The van der Waals surface area contributed by atoms with E-state index < -0.39 is 6.10 Å². The standard InChI is InChI=1S/C23H32O4/c24-21(22-16-17-23(25)27-22)15-11-6-4-2-1-3-5-7-12-18-26-19-20-13-9-8-10-14-20/h3-6,8-10,13-14,21-22,24H,1-2,7,11-12,15-19H2/b5-3+,6-4-/t21-,22+/m0/s1. The second kappa shape index (κ2) is 13.3. The van der Waals surface area contributed by atoms with Crippen molar-refractivity contribution >= 4 is 5.97 Å². The number of unbranched alkanes of at least 4 members (excludes halogenated alkanes) is 2. The molecule has 0 spiro atoms. The summed E-state index contributed by atoms with van der Waals surface area (Å²) in [5.41, 5.74) is 1.22. The van der Waals surface area contributed by atoms with Crippen molar-refractivity contribution in [3.05, 3.63) is 60.2 Å². The van der Waals surface area contributed by atoms with Crippen LogP contribution in [0.3, 0.4) is 0 Å². The number of ether oxygens (including phenoxy) is 2. The summed E-state index contributed by atoms with van der Waals surface area (Å²) in [5, 5.41) is 9.96. The Balaban J connectivity index is 1.39. The van der Waals surface area contributed by atoms with Gasteiger partial charge in [0.1, 0.15) is 6.10 Å². The molecule has 1 aliphatic heterocycles. The fourth-order valence-corrected chi connectivity index (χ4v) is 3.00. The maximum Gasteiger partial charge on any atom is 0.306 e. The molecule has 1 fully saturated rings. The van der Waals surface area contributed by atoms with Gasteiger partial charge in [-0.2, -0.15) is 0 Å². The minimum absolute atomic E-state index is 0.191. The van der Waals surface area contributed by atoms with E-state index in [9.17, 15) is 9.90 Å². The van der Waals surface area contributed by atoms with Gasteiger partial charge in [0.05, 0.1) is 12.7 Å². The first-order valence-electron chi connectivity index (χ1n) is 10.0. The Morgan fingerprint density at radius 2 is 1.78 bits per heavy atom. The van der Waals surface area contributed by atoms with Gasteiger partial charge in [-0.25, -0.2) is 0 Å². The van der Waals surface area contributed by atoms with Gasteiger partial charge in [-0.15, -0.1) is 0 Å². The number of aliphatic hydroxyl groups is 1. The molecular weight excluding hydrogens is 340 g/mol. The van der Waals surface area contributed by atoms with Gasteiger partial charge < -0.3 is 14.6 Å². The van der Waals surface area contributed by atoms with Gasteiger partial charge in [-0.1, -0.05) is 54.6 Å². The molecule has 0 aromatic heterocycles. The first-order chi connectivity index (χ1) is 13.3. The summed E-state index contributed by atoms with van der Waals surface area (Å²) < 4.78 is 10.7. The van der Waals surface area contributed by atoms with E-state index >= 15 is 0 Å². The van der Waals surface area contributed by atoms with E-state index in [1.54, 1.807) is 0 Å². The van der Waals surface area contributed by atoms with Crippen LogP contribution in [0.1, 0.15) is 56.9 Å². The summed E-state index contributed by atoms with van der Waals surface area (Å²) in [6, 6.07) is 10.2. The zero-order valence-electron chi connectivity index (χ0n) is 16.1. The second-order valence-electron chi connectivity index (χ2n) is 6.91. The highest BCUT2D eigenvalue weighted by Crippen LogP contribution is 2.19. The first kappa shape index (κ1) is 21.4. The lowest BCUT2D eigenvalue weighted by Crippen LogP contribution is -2.25. The second-order valence-corrected chi connectivity index (χ2v) is 6.91. The van der Waals surface area contributed by atoms with Gasteiger partial charge in [0.15, 0.2) is 0 Å². The fourth-order valence-electron chi connectivity index (χ4n) is 3.00. The van der Waals surface area contributed by atoms with Crippen molar-refractivity contribution in [1.29, 1.82) is 0 Å². The molecule has 148 valence electrons. The summed E-state index contributed by atoms with van der Waals surface area (Å²) in [4.78, 5) is 11.0. The number of esters is 1. The zero-order chi connectivity index (χ0) is 19.2. The smallest absolute Gasteiger partial charge is 0.306 e. The molecule has 1 saturated heterocycles. The molecule has 0 unspecified atom stereocenters. The molecule has 27 heavy (non-hydrogen) atoms. The summed E-state index contributed by atoms with van der Waals surface area (Å²) in [7, 11) is 0. The maximum absolute atomic E-state index is 11.0. The average molecular weight is 373 g/mol. The van der Waals surface area contributed by atoms with Gasteiger partial charge >= 0.3 is 5.97 Å². The molecule has 0 radical (unpaired) electrons. The summed E-state index contributed by atoms with van der Waals surface area (Å²) in [5.74, 6) is -0.191. The number of hydrogen-bond donors (Lipinski definition) is 1. The molecule has 0 saturated carbocycles. The minimum atomic E-state index is -0.537. The van der Waals surface area contributed by atoms with Crippen molar-refractivity contribution in [3.8, 4) is 0 Å². The third-order valence-electron chi connectivity index (χ3n) is 4.58. The number of cyclic esters (lactones) is 1. The highest BCUT2D eigenvalue weighted by Gasteiger charge is 2.29. The van der Waals surface area contributed by atoms with Crippen molar-refractivity contribution < 1.29 is 19.4 Å². The van der Waals surface area contributed by atoms with E-state index in [0.717, 1.165) is 38.7 Å². The predicted octanol–water partition coefficient (Wildman–Crippen LogP) is 4.72. The van der Waals surface area contributed by atoms with Gasteiger partial charge in [-0.3, -0.25) is 4.79 Å². The summed E-state index contributed by atoms with van der Waals surface area (Å²) in [6.07, 6.45) is 14.5. The molecule has 4 heteroatoms. The third kappa shape index (κ3) is 9.55. The molecule has 0 amide bonds. The van der Waals surface area contributed by atoms with Crippen molar-refractivity contribution in [3.63, 3.8) is 0 Å². The lowest BCUT2D eigenvalue weighted by molar-refractivity contribution is -0.145. The molecule has 1 aromatic carbocycles. The lowest BCUT2D eigenvalue weighted by atomic mass is 10.1. The van der Waals surface area contributed by atoms with Gasteiger partial charge in [-0.05, 0) is 50.5 Å². The highest BCUT2D eigenvalue weighted by molar-refractivity contribution is 5.71. The number of carbonyl (C=O) groups is 1. The van der Waals surface area contributed by atoms with E-state index in [0.29, 0.717) is 25.9 Å². The number of benzene rings is 1. The molecule has 2 rings (SSSR count). The molecule has 1 heterocycles. The summed E-state index contributed by atoms with van der Waals surface area (Å²) in [6.45, 7) is 1.48. The maximum atomic E-state index is 11.0. The van der Waals surface area contributed by atoms with Crippen LogP contribution < -0.4 is 0 Å². The van der Waals surface area contributed by atoms with Crippen molar-refractivity contribution in [1.82, 2.24) is 0 Å². The molecular formula is C23H32O4. The Morgan fingerprint density at radius 1 is 1.07 bits per heavy atom. The Kier molecular flexibility index (Phi) is 10.5. The molecule has 1 N–H and O–H groups in total. The van der Waals surface area contributed by atoms with E-state index in [1.807, 2.05) is 18.2 Å². The largest absolute Gasteiger partial charge is 0.460 e. The number of carbonyl (C=O) groups excluding carboxylic acids is 1. The van der Waals surface area contributed by atoms with E-state index in [2.05, 4.69) is 36.4 Å². The molecule has 2 atom stereocenters. The van der Waals surface area contributed by atoms with Crippen LogP contribution in [0.4, 0.5) is 0 Å². The molecule has 1 aromatic rings. The fraction of sp³-hybridized carbons (Fsp3) is 0.522. The minimum Gasteiger partial charge on any atom is -0.460 e. The number of allylic oxidation sites excluding steroid dienone is 4. The third-order valence-corrected chi connectivity index (χ3v) is 4.58. The van der Waals surface area contributed by atoms with Crippen molar-refractivity contribution in [2.75, 3.05) is 6.61 Å². The van der Waals surface area contributed by atoms with Crippen molar-refractivity contribution in [2.24, 2.45) is 0 Å². The van der Waals surface area contributed by atoms with Crippen LogP contribution in [0.2, 0.25) is 0 Å². The van der Waals surface area contributed by atoms with Crippen LogP contribution in [-0.2, 0) is 20.9 Å². The average Bonchev–Trinajstić information content (AvgIpc) is 3.12. The van der Waals surface area contributed by atoms with Crippen LogP contribution in [0, 0.1) is 0 Å². The van der Waals surface area contributed by atoms with Crippen LogP contribution in [0.15, 0.2) is 54.6 Å². The molecule has 0 bridgehead atoms. The number of hydrogen-bond acceptors (Lipinski definition) is 4. The van der Waals surface area contributed by atoms with E-state index in [1.165, 1.54) is 5.56 Å². The van der Waals surface area contributed by atoms with Gasteiger partial charge in [0.2, 0.25) is 0 Å². The van der Waals surface area contributed by atoms with Crippen LogP contribution >= 0.6 is 0 Å². The Morgan fingerprint density at radius 3 is 2.48 bits per heavy atom. The van der Waals surface area contributed by atoms with Crippen LogP contribution in [-0.4, -0.2) is 29.9 Å². The zero-order valence-corrected chi connectivity index (χ0v) is 16.1. The predicted molar refractivity (Wildman–Crippen MR) is 107 cm³/mol. The SMILES string of the molecule is O=C1CC[C@H]([C@@H](O)CC/C=C\CC/C=C/CCCOCc2ccccc2)O1. The van der Waals surface area contributed by atoms with Crippen LogP contribution in [0.5, 0.6) is 0 Å². The molecule has 0 aliphatic carbocycles. The highest BCUT2D eigenvalue weighted by atomic mass is 16.6. The monoisotopic (exact) mass is 372 g/mol. The van der Waals surface area contributed by atoms with E-state index in [-0.39, 0.29) is 12.1 Å². The van der Waals surface area contributed by atoms with Gasteiger partial charge in [0, 0.05) is 13.0 Å².